The molecule has 9 heteroatoms. The monoisotopic (exact) mass is 460 g/mol. The summed E-state index contributed by atoms with van der Waals surface area (Å²) in [5.41, 5.74) is 2.61. The molecule has 0 radical (unpaired) electrons. The van der Waals surface area contributed by atoms with Crippen molar-refractivity contribution in [1.82, 2.24) is 0 Å². The number of hydrogen-bond donors (Lipinski definition) is 0. The molecule has 4 rings (SSSR count). The summed E-state index contributed by atoms with van der Waals surface area (Å²) in [5, 5.41) is 0.306. The van der Waals surface area contributed by atoms with Gasteiger partial charge in [-0.25, -0.2) is 8.42 Å². The summed E-state index contributed by atoms with van der Waals surface area (Å²) >= 11 is 1.34. The van der Waals surface area contributed by atoms with Crippen molar-refractivity contribution in [3.8, 4) is 11.5 Å². The number of amidine groups is 1. The normalized spacial score (nSPS) is 23.1. The molecule has 7 nitrogen and oxygen atoms in total. The highest BCUT2D eigenvalue weighted by Gasteiger charge is 2.50. The minimum absolute atomic E-state index is 0.0100. The zero-order valence-electron chi connectivity index (χ0n) is 17.6. The Balaban J connectivity index is 1.71. The summed E-state index contributed by atoms with van der Waals surface area (Å²) in [6.07, 6.45) is 0.183. The molecule has 164 valence electrons. The summed E-state index contributed by atoms with van der Waals surface area (Å²) in [6.45, 7) is 1.98. The van der Waals surface area contributed by atoms with Crippen molar-refractivity contribution in [2.24, 2.45) is 4.99 Å². The number of carbonyl (C=O) groups is 1. The number of ether oxygens (including phenoxy) is 2. The minimum atomic E-state index is -3.16. The van der Waals surface area contributed by atoms with Crippen LogP contribution in [0.2, 0.25) is 0 Å². The molecule has 2 atom stereocenters. The summed E-state index contributed by atoms with van der Waals surface area (Å²) in [7, 11) is -0.0457. The Morgan fingerprint density at radius 3 is 2.68 bits per heavy atom. The van der Waals surface area contributed by atoms with Crippen molar-refractivity contribution in [2.75, 3.05) is 30.6 Å². The molecule has 2 aliphatic rings. The number of sulfone groups is 1. The van der Waals surface area contributed by atoms with Gasteiger partial charge in [0.25, 0.3) is 5.91 Å². The van der Waals surface area contributed by atoms with Gasteiger partial charge in [-0.15, -0.1) is 0 Å². The Morgan fingerprint density at radius 1 is 1.16 bits per heavy atom. The maximum atomic E-state index is 12.8. The molecule has 2 fully saturated rings. The van der Waals surface area contributed by atoms with E-state index in [1.54, 1.807) is 32.4 Å². The highest BCUT2D eigenvalue weighted by atomic mass is 32.2. The first-order valence-corrected chi connectivity index (χ1v) is 12.5. The molecule has 2 heterocycles. The van der Waals surface area contributed by atoms with Crippen molar-refractivity contribution in [1.29, 1.82) is 0 Å². The molecule has 31 heavy (non-hydrogen) atoms. The van der Waals surface area contributed by atoms with Crippen LogP contribution in [-0.4, -0.2) is 56.5 Å². The first-order chi connectivity index (χ1) is 14.8. The highest BCUT2D eigenvalue weighted by Crippen LogP contribution is 2.45. The Labute approximate surface area is 186 Å². The number of aliphatic imine (C=N–C) groups is 1. The van der Waals surface area contributed by atoms with Gasteiger partial charge in [0.1, 0.15) is 11.5 Å². The van der Waals surface area contributed by atoms with E-state index in [1.807, 2.05) is 36.1 Å². The number of aryl methyl sites for hydroxylation is 1. The molecule has 0 aliphatic carbocycles. The lowest BCUT2D eigenvalue weighted by Crippen LogP contribution is -2.38. The van der Waals surface area contributed by atoms with Crippen LogP contribution >= 0.6 is 11.8 Å². The molecular formula is C22H24N2O5S2. The van der Waals surface area contributed by atoms with Crippen molar-refractivity contribution in [3.05, 3.63) is 53.6 Å². The predicted octanol–water partition coefficient (Wildman–Crippen LogP) is 2.86. The fourth-order valence-electron chi connectivity index (χ4n) is 3.97. The number of thioether (sulfide) groups is 1. The topological polar surface area (TPSA) is 85.3 Å². The standard InChI is InChI=1S/C22H24N2O5S2/c1-14-5-4-6-15(9-14)10-21(25)23-22-24(18-12-31(26,27)13-20(18)30-22)17-11-16(28-2)7-8-19(17)29-3/h4-9,11,18,20H,10,12-13H2,1-3H3/t18-,20+/m0/s1. The number of carbonyl (C=O) groups excluding carboxylic acids is 1. The Morgan fingerprint density at radius 2 is 1.97 bits per heavy atom. The molecule has 2 aromatic carbocycles. The average Bonchev–Trinajstić information content (AvgIpc) is 3.17. The molecule has 0 spiro atoms. The van der Waals surface area contributed by atoms with E-state index in [-0.39, 0.29) is 35.1 Å². The van der Waals surface area contributed by atoms with Crippen LogP contribution < -0.4 is 14.4 Å². The van der Waals surface area contributed by atoms with Gasteiger partial charge in [0.15, 0.2) is 15.0 Å². The highest BCUT2D eigenvalue weighted by molar-refractivity contribution is 8.16. The molecule has 0 saturated carbocycles. The molecule has 2 saturated heterocycles. The van der Waals surface area contributed by atoms with Crippen molar-refractivity contribution < 1.29 is 22.7 Å². The van der Waals surface area contributed by atoms with Crippen molar-refractivity contribution in [3.63, 3.8) is 0 Å². The van der Waals surface area contributed by atoms with Gasteiger partial charge in [-0.2, -0.15) is 4.99 Å². The molecule has 2 aliphatic heterocycles. The molecule has 0 unspecified atom stereocenters. The number of amides is 1. The van der Waals surface area contributed by atoms with Gasteiger partial charge in [0.2, 0.25) is 0 Å². The van der Waals surface area contributed by atoms with Crippen LogP contribution in [0.3, 0.4) is 0 Å². The lowest BCUT2D eigenvalue weighted by atomic mass is 10.1. The van der Waals surface area contributed by atoms with E-state index in [4.69, 9.17) is 9.47 Å². The fraction of sp³-hybridized carbons (Fsp3) is 0.364. The summed E-state index contributed by atoms with van der Waals surface area (Å²) < 4.78 is 35.5. The van der Waals surface area contributed by atoms with Crippen LogP contribution in [0.15, 0.2) is 47.5 Å². The smallest absolute Gasteiger partial charge is 0.252 e. The third kappa shape index (κ3) is 4.57. The fourth-order valence-corrected chi connectivity index (χ4v) is 7.90. The number of benzene rings is 2. The predicted molar refractivity (Wildman–Crippen MR) is 123 cm³/mol. The van der Waals surface area contributed by atoms with E-state index in [1.165, 1.54) is 11.8 Å². The van der Waals surface area contributed by atoms with Crippen molar-refractivity contribution in [2.45, 2.75) is 24.6 Å². The van der Waals surface area contributed by atoms with E-state index in [9.17, 15) is 13.2 Å². The molecule has 0 N–H and O–H groups in total. The van der Waals surface area contributed by atoms with E-state index in [2.05, 4.69) is 4.99 Å². The van der Waals surface area contributed by atoms with Crippen LogP contribution in [0.25, 0.3) is 0 Å². The van der Waals surface area contributed by atoms with E-state index >= 15 is 0 Å². The summed E-state index contributed by atoms with van der Waals surface area (Å²) in [6, 6.07) is 12.8. The number of nitrogens with zero attached hydrogens (tertiary/aromatic N) is 2. The second-order valence-electron chi connectivity index (χ2n) is 7.66. The quantitative estimate of drug-likeness (QED) is 0.678. The molecule has 1 amide bonds. The number of hydrogen-bond acceptors (Lipinski definition) is 6. The second-order valence-corrected chi connectivity index (χ2v) is 11.0. The largest absolute Gasteiger partial charge is 0.497 e. The van der Waals surface area contributed by atoms with Gasteiger partial charge in [-0.1, -0.05) is 41.6 Å². The molecule has 0 aromatic heterocycles. The lowest BCUT2D eigenvalue weighted by Gasteiger charge is -2.26. The van der Waals surface area contributed by atoms with Crippen LogP contribution in [-0.2, 0) is 21.1 Å². The SMILES string of the molecule is COc1ccc(OC)c(N2C(=NC(=O)Cc3cccc(C)c3)S[C@@H]3CS(=O)(=O)C[C@@H]32)c1. The first-order valence-electron chi connectivity index (χ1n) is 9.85. The lowest BCUT2D eigenvalue weighted by molar-refractivity contribution is -0.117. The van der Waals surface area contributed by atoms with E-state index in [0.717, 1.165) is 11.1 Å². The Bertz CT molecular complexity index is 1150. The van der Waals surface area contributed by atoms with Crippen LogP contribution in [0.1, 0.15) is 11.1 Å². The van der Waals surface area contributed by atoms with Gasteiger partial charge in [-0.05, 0) is 24.6 Å². The van der Waals surface area contributed by atoms with Gasteiger partial charge >= 0.3 is 0 Å². The molecule has 2 aromatic rings. The third-order valence-electron chi connectivity index (χ3n) is 5.37. The summed E-state index contributed by atoms with van der Waals surface area (Å²) in [4.78, 5) is 19.0. The Kier molecular flexibility index (Phi) is 5.98. The zero-order chi connectivity index (χ0) is 22.2. The van der Waals surface area contributed by atoms with Crippen molar-refractivity contribution >= 4 is 38.4 Å². The number of rotatable bonds is 5. The van der Waals surface area contributed by atoms with Crippen LogP contribution in [0.5, 0.6) is 11.5 Å². The van der Waals surface area contributed by atoms with Gasteiger partial charge in [-0.3, -0.25) is 4.79 Å². The maximum absolute atomic E-state index is 12.8. The minimum Gasteiger partial charge on any atom is -0.497 e. The number of anilines is 1. The average molecular weight is 461 g/mol. The van der Waals surface area contributed by atoms with E-state index < -0.39 is 9.84 Å². The zero-order valence-corrected chi connectivity index (χ0v) is 19.2. The third-order valence-corrected chi connectivity index (χ3v) is 8.58. The molecular weight excluding hydrogens is 436 g/mol. The summed E-state index contributed by atoms with van der Waals surface area (Å²) in [5.74, 6) is 0.968. The first kappa shape index (κ1) is 21.7. The molecule has 0 bridgehead atoms. The van der Waals surface area contributed by atoms with Gasteiger partial charge in [0.05, 0.1) is 43.9 Å². The Hall–Kier alpha value is -2.52. The number of methoxy groups -OCH3 is 2. The number of fused-ring (bicyclic) bond motifs is 1. The van der Waals surface area contributed by atoms with Crippen LogP contribution in [0, 0.1) is 6.92 Å². The maximum Gasteiger partial charge on any atom is 0.252 e. The second kappa shape index (κ2) is 8.55. The van der Waals surface area contributed by atoms with Crippen LogP contribution in [0.4, 0.5) is 5.69 Å². The van der Waals surface area contributed by atoms with E-state index in [0.29, 0.717) is 22.4 Å². The van der Waals surface area contributed by atoms with Gasteiger partial charge in [0, 0.05) is 11.3 Å². The van der Waals surface area contributed by atoms with Gasteiger partial charge < -0.3 is 14.4 Å².